The van der Waals surface area contributed by atoms with Gasteiger partial charge in [-0.15, -0.1) is 0 Å². The molecule has 132 valence electrons. The number of hydrogen-bond acceptors (Lipinski definition) is 3. The molecule has 1 aliphatic heterocycles. The zero-order valence-corrected chi connectivity index (χ0v) is 14.7. The first-order valence-corrected chi connectivity index (χ1v) is 8.72. The number of aryl methyl sites for hydroxylation is 1. The molecule has 0 spiro atoms. The zero-order chi connectivity index (χ0) is 17.8. The van der Waals surface area contributed by atoms with Crippen LogP contribution < -0.4 is 10.2 Å². The minimum atomic E-state index is -0.444. The summed E-state index contributed by atoms with van der Waals surface area (Å²) in [7, 11) is 1.82. The van der Waals surface area contributed by atoms with E-state index in [1.54, 1.807) is 15.8 Å². The van der Waals surface area contributed by atoms with Gasteiger partial charge in [-0.05, 0) is 24.3 Å². The van der Waals surface area contributed by atoms with Gasteiger partial charge in [0.15, 0.2) is 0 Å². The van der Waals surface area contributed by atoms with E-state index in [1.165, 1.54) is 0 Å². The summed E-state index contributed by atoms with van der Waals surface area (Å²) in [4.78, 5) is 26.7. The van der Waals surface area contributed by atoms with E-state index in [0.29, 0.717) is 19.4 Å². The average molecular weight is 340 g/mol. The summed E-state index contributed by atoms with van der Waals surface area (Å²) < 4.78 is 1.67. The summed E-state index contributed by atoms with van der Waals surface area (Å²) in [5.74, 6) is 0.0448. The Hall–Kier alpha value is -2.63. The summed E-state index contributed by atoms with van der Waals surface area (Å²) in [5, 5.41) is 7.01. The average Bonchev–Trinajstić information content (AvgIpc) is 3.20. The molecule has 2 atom stereocenters. The summed E-state index contributed by atoms with van der Waals surface area (Å²) in [6.45, 7) is 2.68. The fourth-order valence-electron chi connectivity index (χ4n) is 3.32. The molecule has 1 fully saturated rings. The molecule has 3 rings (SSSR count). The van der Waals surface area contributed by atoms with Gasteiger partial charge in [0, 0.05) is 26.2 Å². The van der Waals surface area contributed by atoms with E-state index in [2.05, 4.69) is 17.3 Å². The van der Waals surface area contributed by atoms with Crippen LogP contribution in [0.2, 0.25) is 0 Å². The number of carbonyl (C=O) groups excluding carboxylic acids is 2. The van der Waals surface area contributed by atoms with Crippen molar-refractivity contribution in [1.82, 2.24) is 15.1 Å². The van der Waals surface area contributed by atoms with Gasteiger partial charge in [-0.1, -0.05) is 37.3 Å². The van der Waals surface area contributed by atoms with Crippen molar-refractivity contribution in [1.29, 1.82) is 0 Å². The smallest absolute Gasteiger partial charge is 0.249 e. The Morgan fingerprint density at radius 3 is 2.76 bits per heavy atom. The van der Waals surface area contributed by atoms with Gasteiger partial charge >= 0.3 is 0 Å². The number of nitrogens with one attached hydrogen (secondary N) is 1. The Labute approximate surface area is 147 Å². The molecule has 6 nitrogen and oxygen atoms in total. The van der Waals surface area contributed by atoms with E-state index in [0.717, 1.165) is 17.7 Å². The van der Waals surface area contributed by atoms with E-state index in [9.17, 15) is 9.59 Å². The lowest BCUT2D eigenvalue weighted by molar-refractivity contribution is -0.126. The van der Waals surface area contributed by atoms with E-state index < -0.39 is 6.04 Å². The molecule has 2 heterocycles. The molecule has 0 unspecified atom stereocenters. The Morgan fingerprint density at radius 1 is 1.36 bits per heavy atom. The topological polar surface area (TPSA) is 67.2 Å². The molecule has 2 amide bonds. The molecule has 0 radical (unpaired) electrons. The maximum absolute atomic E-state index is 12.6. The van der Waals surface area contributed by atoms with Gasteiger partial charge < -0.3 is 10.2 Å². The number of nitrogens with zero attached hydrogens (tertiary/aromatic N) is 3. The fourth-order valence-corrected chi connectivity index (χ4v) is 3.32. The van der Waals surface area contributed by atoms with Crippen LogP contribution >= 0.6 is 0 Å². The van der Waals surface area contributed by atoms with Crippen LogP contribution in [0, 0.1) is 0 Å². The van der Waals surface area contributed by atoms with Crippen LogP contribution in [0.5, 0.6) is 0 Å². The van der Waals surface area contributed by atoms with Crippen LogP contribution in [-0.4, -0.2) is 34.2 Å². The second-order valence-corrected chi connectivity index (χ2v) is 6.49. The Bertz CT molecular complexity index is 741. The van der Waals surface area contributed by atoms with Crippen LogP contribution in [0.15, 0.2) is 42.7 Å². The van der Waals surface area contributed by atoms with Crippen molar-refractivity contribution in [3.63, 3.8) is 0 Å². The molecule has 0 bridgehead atoms. The maximum atomic E-state index is 12.6. The van der Waals surface area contributed by atoms with Gasteiger partial charge in [-0.3, -0.25) is 14.3 Å². The van der Waals surface area contributed by atoms with Crippen molar-refractivity contribution in [2.45, 2.75) is 38.1 Å². The normalized spacial score (nSPS) is 18.4. The molecule has 25 heavy (non-hydrogen) atoms. The number of carbonyl (C=O) groups is 2. The SMILES string of the molecule is CC[C@H](CC(=O)N[C@H]1CCN(c2cnn(C)c2)C1=O)c1ccccc1. The Balaban J connectivity index is 1.59. The number of benzene rings is 1. The number of amides is 2. The molecule has 1 aliphatic rings. The van der Waals surface area contributed by atoms with Crippen molar-refractivity contribution >= 4 is 17.5 Å². The number of aromatic nitrogens is 2. The third kappa shape index (κ3) is 3.90. The predicted octanol–water partition coefficient (Wildman–Crippen LogP) is 2.23. The molecule has 0 saturated carbocycles. The van der Waals surface area contributed by atoms with Gasteiger partial charge in [0.05, 0.1) is 11.9 Å². The van der Waals surface area contributed by atoms with Crippen molar-refractivity contribution in [2.75, 3.05) is 11.4 Å². The lowest BCUT2D eigenvalue weighted by Crippen LogP contribution is -2.41. The summed E-state index contributed by atoms with van der Waals surface area (Å²) in [6, 6.07) is 9.60. The molecule has 1 saturated heterocycles. The van der Waals surface area contributed by atoms with Crippen molar-refractivity contribution < 1.29 is 9.59 Å². The van der Waals surface area contributed by atoms with E-state index in [4.69, 9.17) is 0 Å². The monoisotopic (exact) mass is 340 g/mol. The molecule has 6 heteroatoms. The van der Waals surface area contributed by atoms with Crippen LogP contribution in [0.4, 0.5) is 5.69 Å². The second kappa shape index (κ2) is 7.51. The van der Waals surface area contributed by atoms with E-state index in [1.807, 2.05) is 43.6 Å². The highest BCUT2D eigenvalue weighted by molar-refractivity contribution is 6.01. The van der Waals surface area contributed by atoms with Crippen molar-refractivity contribution in [3.05, 3.63) is 48.3 Å². The lowest BCUT2D eigenvalue weighted by Gasteiger charge is -2.18. The number of hydrogen-bond donors (Lipinski definition) is 1. The quantitative estimate of drug-likeness (QED) is 0.877. The molecular weight excluding hydrogens is 316 g/mol. The third-order valence-corrected chi connectivity index (χ3v) is 4.74. The highest BCUT2D eigenvalue weighted by atomic mass is 16.2. The van der Waals surface area contributed by atoms with Crippen molar-refractivity contribution in [3.8, 4) is 0 Å². The lowest BCUT2D eigenvalue weighted by atomic mass is 9.93. The second-order valence-electron chi connectivity index (χ2n) is 6.49. The highest BCUT2D eigenvalue weighted by Gasteiger charge is 2.34. The van der Waals surface area contributed by atoms with Gasteiger partial charge in [-0.2, -0.15) is 5.10 Å². The van der Waals surface area contributed by atoms with E-state index in [-0.39, 0.29) is 17.7 Å². The van der Waals surface area contributed by atoms with Crippen LogP contribution in [0.25, 0.3) is 0 Å². The minimum absolute atomic E-state index is 0.0610. The molecule has 1 aromatic heterocycles. The van der Waals surface area contributed by atoms with E-state index >= 15 is 0 Å². The summed E-state index contributed by atoms with van der Waals surface area (Å²) in [5.41, 5.74) is 1.94. The number of rotatable bonds is 6. The molecular formula is C19H24N4O2. The number of anilines is 1. The fraction of sp³-hybridized carbons (Fsp3) is 0.421. The summed E-state index contributed by atoms with van der Waals surface area (Å²) >= 11 is 0. The predicted molar refractivity (Wildman–Crippen MR) is 96.2 cm³/mol. The molecule has 1 aromatic carbocycles. The van der Waals surface area contributed by atoms with Crippen molar-refractivity contribution in [2.24, 2.45) is 7.05 Å². The van der Waals surface area contributed by atoms with Gasteiger partial charge in [0.1, 0.15) is 6.04 Å². The standard InChI is InChI=1S/C19H24N4O2/c1-3-14(15-7-5-4-6-8-15)11-18(24)21-17-9-10-23(19(17)25)16-12-20-22(2)13-16/h4-8,12-14,17H,3,9-11H2,1-2H3,(H,21,24)/t14-,17+/m1/s1. The molecule has 0 aliphatic carbocycles. The third-order valence-electron chi connectivity index (χ3n) is 4.74. The molecule has 1 N–H and O–H groups in total. The first kappa shape index (κ1) is 17.2. The zero-order valence-electron chi connectivity index (χ0n) is 14.7. The summed E-state index contributed by atoms with van der Waals surface area (Å²) in [6.07, 6.45) is 5.39. The first-order chi connectivity index (χ1) is 12.1. The van der Waals surface area contributed by atoms with Gasteiger partial charge in [-0.25, -0.2) is 0 Å². The van der Waals surface area contributed by atoms with Crippen LogP contribution in [0.3, 0.4) is 0 Å². The maximum Gasteiger partial charge on any atom is 0.249 e. The van der Waals surface area contributed by atoms with Crippen LogP contribution in [0.1, 0.15) is 37.7 Å². The van der Waals surface area contributed by atoms with Gasteiger partial charge in [0.2, 0.25) is 11.8 Å². The van der Waals surface area contributed by atoms with Crippen LogP contribution in [-0.2, 0) is 16.6 Å². The Kier molecular flexibility index (Phi) is 5.16. The molecule has 2 aromatic rings. The first-order valence-electron chi connectivity index (χ1n) is 8.72. The Morgan fingerprint density at radius 2 is 2.12 bits per heavy atom. The minimum Gasteiger partial charge on any atom is -0.344 e. The largest absolute Gasteiger partial charge is 0.344 e. The van der Waals surface area contributed by atoms with Gasteiger partial charge in [0.25, 0.3) is 0 Å². The highest BCUT2D eigenvalue weighted by Crippen LogP contribution is 2.24.